The van der Waals surface area contributed by atoms with Crippen LogP contribution in [0.1, 0.15) is 27.7 Å². The van der Waals surface area contributed by atoms with E-state index in [1.807, 2.05) is 0 Å². The number of hydrogen-bond acceptors (Lipinski definition) is 7. The van der Waals surface area contributed by atoms with E-state index in [0.717, 1.165) is 0 Å². The Kier molecular flexibility index (Phi) is 6.60. The summed E-state index contributed by atoms with van der Waals surface area (Å²) in [7, 11) is 0. The van der Waals surface area contributed by atoms with Gasteiger partial charge in [0.15, 0.2) is 6.10 Å². The number of halogens is 1. The summed E-state index contributed by atoms with van der Waals surface area (Å²) in [5.74, 6) is -0.0313. The third-order valence-electron chi connectivity index (χ3n) is 4.45. The molecule has 2 unspecified atom stereocenters. The molecule has 31 heavy (non-hydrogen) atoms. The van der Waals surface area contributed by atoms with Crippen LogP contribution < -0.4 is 9.47 Å². The lowest BCUT2D eigenvalue weighted by molar-refractivity contribution is -0.167. The molecule has 3 rings (SSSR count). The summed E-state index contributed by atoms with van der Waals surface area (Å²) in [5, 5.41) is 14.1. The number of ether oxygens (including phenoxy) is 2. The predicted molar refractivity (Wildman–Crippen MR) is 117 cm³/mol. The SMILES string of the molecule is CC(C)=NOC(C)C(C)(Oc1ccc(Oc2cnc3cc(Cl)ccc3n2)cc1)C(=O)O. The largest absolute Gasteiger partial charge is 0.478 e. The molecule has 0 aliphatic heterocycles. The highest BCUT2D eigenvalue weighted by molar-refractivity contribution is 6.31. The first-order valence-electron chi connectivity index (χ1n) is 9.47. The quantitative estimate of drug-likeness (QED) is 0.381. The minimum atomic E-state index is -1.65. The zero-order chi connectivity index (χ0) is 22.6. The fourth-order valence-electron chi connectivity index (χ4n) is 2.54. The second kappa shape index (κ2) is 9.18. The minimum absolute atomic E-state index is 0.314. The molecule has 1 N–H and O–H groups in total. The van der Waals surface area contributed by atoms with E-state index in [2.05, 4.69) is 15.1 Å². The summed E-state index contributed by atoms with van der Waals surface area (Å²) in [6, 6.07) is 11.7. The van der Waals surface area contributed by atoms with E-state index in [1.165, 1.54) is 13.1 Å². The highest BCUT2D eigenvalue weighted by Crippen LogP contribution is 2.28. The number of carbonyl (C=O) groups is 1. The van der Waals surface area contributed by atoms with E-state index in [0.29, 0.717) is 39.1 Å². The van der Waals surface area contributed by atoms with Gasteiger partial charge in [-0.3, -0.25) is 0 Å². The number of carboxylic acid groups (broad SMARTS) is 1. The standard InChI is InChI=1S/C22H22ClN3O5/c1-13(2)26-31-14(3)22(4,21(27)28)30-17-8-6-16(7-9-17)29-20-12-24-19-11-15(23)5-10-18(19)25-20/h5-12,14H,1-4H3,(H,27,28). The monoisotopic (exact) mass is 443 g/mol. The van der Waals surface area contributed by atoms with Gasteiger partial charge in [-0.2, -0.15) is 0 Å². The van der Waals surface area contributed by atoms with Crippen molar-refractivity contribution in [3.8, 4) is 17.4 Å². The first-order valence-corrected chi connectivity index (χ1v) is 9.85. The Balaban J connectivity index is 1.73. The van der Waals surface area contributed by atoms with Crippen molar-refractivity contribution in [2.24, 2.45) is 5.16 Å². The molecule has 2 atom stereocenters. The summed E-state index contributed by atoms with van der Waals surface area (Å²) in [6.07, 6.45) is 0.664. The average Bonchev–Trinajstić information content (AvgIpc) is 2.73. The maximum absolute atomic E-state index is 11.8. The van der Waals surface area contributed by atoms with Crippen LogP contribution in [0.4, 0.5) is 0 Å². The van der Waals surface area contributed by atoms with Crippen molar-refractivity contribution >= 4 is 34.3 Å². The van der Waals surface area contributed by atoms with Crippen molar-refractivity contribution < 1.29 is 24.2 Å². The Morgan fingerprint density at radius 2 is 1.81 bits per heavy atom. The van der Waals surface area contributed by atoms with Gasteiger partial charge in [-0.1, -0.05) is 16.8 Å². The highest BCUT2D eigenvalue weighted by atomic mass is 35.5. The van der Waals surface area contributed by atoms with Crippen molar-refractivity contribution in [2.45, 2.75) is 39.4 Å². The van der Waals surface area contributed by atoms with Gasteiger partial charge in [0.2, 0.25) is 11.5 Å². The zero-order valence-corrected chi connectivity index (χ0v) is 18.3. The van der Waals surface area contributed by atoms with Crippen molar-refractivity contribution in [2.75, 3.05) is 0 Å². The van der Waals surface area contributed by atoms with Crippen LogP contribution in [0.15, 0.2) is 53.8 Å². The molecule has 1 aromatic heterocycles. The van der Waals surface area contributed by atoms with Gasteiger partial charge in [0, 0.05) is 5.02 Å². The normalized spacial score (nSPS) is 13.7. The minimum Gasteiger partial charge on any atom is -0.478 e. The second-order valence-corrected chi connectivity index (χ2v) is 7.65. The average molecular weight is 444 g/mol. The van der Waals surface area contributed by atoms with Gasteiger partial charge in [-0.15, -0.1) is 0 Å². The molecule has 0 saturated carbocycles. The Morgan fingerprint density at radius 1 is 1.13 bits per heavy atom. The van der Waals surface area contributed by atoms with Gasteiger partial charge in [0.1, 0.15) is 11.5 Å². The molecular weight excluding hydrogens is 422 g/mol. The van der Waals surface area contributed by atoms with Gasteiger partial charge >= 0.3 is 5.97 Å². The molecule has 0 fully saturated rings. The van der Waals surface area contributed by atoms with E-state index in [4.69, 9.17) is 25.9 Å². The van der Waals surface area contributed by atoms with Crippen molar-refractivity contribution in [3.63, 3.8) is 0 Å². The second-order valence-electron chi connectivity index (χ2n) is 7.22. The molecule has 0 saturated heterocycles. The van der Waals surface area contributed by atoms with E-state index < -0.39 is 17.7 Å². The summed E-state index contributed by atoms with van der Waals surface area (Å²) in [4.78, 5) is 25.8. The smallest absolute Gasteiger partial charge is 0.351 e. The predicted octanol–water partition coefficient (Wildman–Crippen LogP) is 5.10. The number of benzene rings is 2. The van der Waals surface area contributed by atoms with Crippen molar-refractivity contribution in [1.82, 2.24) is 9.97 Å². The lowest BCUT2D eigenvalue weighted by atomic mass is 10.0. The molecule has 0 amide bonds. The molecule has 0 aliphatic carbocycles. The molecular formula is C22H22ClN3O5. The number of hydrogen-bond donors (Lipinski definition) is 1. The molecule has 0 bridgehead atoms. The number of oxime groups is 1. The summed E-state index contributed by atoms with van der Waals surface area (Å²) < 4.78 is 11.5. The Hall–Kier alpha value is -3.39. The van der Waals surface area contributed by atoms with Crippen LogP contribution in [0, 0.1) is 0 Å². The lowest BCUT2D eigenvalue weighted by Crippen LogP contribution is -2.51. The Labute approximate surface area is 184 Å². The van der Waals surface area contributed by atoms with Crippen LogP contribution in [0.25, 0.3) is 11.0 Å². The van der Waals surface area contributed by atoms with Crippen LogP contribution in [0.5, 0.6) is 17.4 Å². The number of aromatic nitrogens is 2. The molecule has 9 heteroatoms. The van der Waals surface area contributed by atoms with Crippen molar-refractivity contribution in [1.29, 1.82) is 0 Å². The van der Waals surface area contributed by atoms with E-state index >= 15 is 0 Å². The molecule has 2 aromatic carbocycles. The van der Waals surface area contributed by atoms with Gasteiger partial charge in [0.05, 0.1) is 22.9 Å². The Bertz CT molecular complexity index is 1120. The van der Waals surface area contributed by atoms with E-state index in [-0.39, 0.29) is 0 Å². The molecule has 8 nitrogen and oxygen atoms in total. The molecule has 0 radical (unpaired) electrons. The fourth-order valence-corrected chi connectivity index (χ4v) is 2.71. The maximum Gasteiger partial charge on any atom is 0.351 e. The van der Waals surface area contributed by atoms with Crippen LogP contribution in [0.2, 0.25) is 5.02 Å². The number of carboxylic acids is 1. The first kappa shape index (κ1) is 22.3. The molecule has 0 aliphatic rings. The van der Waals surface area contributed by atoms with Crippen LogP contribution >= 0.6 is 11.6 Å². The third-order valence-corrected chi connectivity index (χ3v) is 4.69. The van der Waals surface area contributed by atoms with Gasteiger partial charge < -0.3 is 19.4 Å². The fraction of sp³-hybridized carbons (Fsp3) is 0.273. The van der Waals surface area contributed by atoms with Gasteiger partial charge in [-0.25, -0.2) is 14.8 Å². The zero-order valence-electron chi connectivity index (χ0n) is 17.5. The van der Waals surface area contributed by atoms with Crippen LogP contribution in [0.3, 0.4) is 0 Å². The summed E-state index contributed by atoms with van der Waals surface area (Å²) in [5.41, 5.74) is 0.335. The topological polar surface area (TPSA) is 103 Å². The maximum atomic E-state index is 11.8. The van der Waals surface area contributed by atoms with E-state index in [9.17, 15) is 9.90 Å². The molecule has 0 spiro atoms. The molecule has 162 valence electrons. The summed E-state index contributed by atoms with van der Waals surface area (Å²) in [6.45, 7) is 6.52. The number of nitrogens with zero attached hydrogens (tertiary/aromatic N) is 3. The van der Waals surface area contributed by atoms with Crippen molar-refractivity contribution in [3.05, 3.63) is 53.7 Å². The first-order chi connectivity index (χ1) is 14.7. The highest BCUT2D eigenvalue weighted by Gasteiger charge is 2.44. The lowest BCUT2D eigenvalue weighted by Gasteiger charge is -2.30. The van der Waals surface area contributed by atoms with Crippen LogP contribution in [-0.4, -0.2) is 38.5 Å². The Morgan fingerprint density at radius 3 is 2.45 bits per heavy atom. The number of rotatable bonds is 8. The van der Waals surface area contributed by atoms with Gasteiger partial charge in [-0.05, 0) is 70.2 Å². The summed E-state index contributed by atoms with van der Waals surface area (Å²) >= 11 is 5.96. The van der Waals surface area contributed by atoms with Crippen LogP contribution in [-0.2, 0) is 9.63 Å². The number of aliphatic carboxylic acids is 1. The van der Waals surface area contributed by atoms with E-state index in [1.54, 1.807) is 63.2 Å². The van der Waals surface area contributed by atoms with Gasteiger partial charge in [0.25, 0.3) is 0 Å². The molecule has 3 aromatic rings. The molecule has 1 heterocycles. The number of fused-ring (bicyclic) bond motifs is 1. The third kappa shape index (κ3) is 5.40.